The molecular weight excluding hydrogens is 327 g/mol. The fraction of sp³-hybridized carbons (Fsp3) is 0.533. The molecule has 0 bridgehead atoms. The summed E-state index contributed by atoms with van der Waals surface area (Å²) in [6.07, 6.45) is 2.59. The number of benzene rings is 1. The Kier molecular flexibility index (Phi) is 6.17. The third-order valence-corrected chi connectivity index (χ3v) is 4.01. The molecule has 0 radical (unpaired) electrons. The van der Waals surface area contributed by atoms with Gasteiger partial charge in [-0.25, -0.2) is 0 Å². The van der Waals surface area contributed by atoms with E-state index in [0.29, 0.717) is 48.7 Å². The number of halogens is 2. The first-order valence-electron chi connectivity index (χ1n) is 7.30. The number of hydrogen-bond acceptors (Lipinski definition) is 4. The molecule has 1 aromatic rings. The largest absolute Gasteiger partial charge is 0.486 e. The molecule has 1 amide bonds. The van der Waals surface area contributed by atoms with Crippen molar-refractivity contribution in [3.63, 3.8) is 0 Å². The Morgan fingerprint density at radius 3 is 2.95 bits per heavy atom. The van der Waals surface area contributed by atoms with E-state index in [1.807, 2.05) is 6.07 Å². The molecule has 1 unspecified atom stereocenters. The van der Waals surface area contributed by atoms with Crippen LogP contribution < -0.4 is 20.1 Å². The second kappa shape index (κ2) is 7.90. The first-order valence-corrected chi connectivity index (χ1v) is 7.68. The van der Waals surface area contributed by atoms with Gasteiger partial charge in [-0.3, -0.25) is 4.79 Å². The fourth-order valence-electron chi connectivity index (χ4n) is 2.68. The van der Waals surface area contributed by atoms with E-state index >= 15 is 0 Å². The highest BCUT2D eigenvalue weighted by Crippen LogP contribution is 2.38. The van der Waals surface area contributed by atoms with Crippen molar-refractivity contribution in [2.75, 3.05) is 26.3 Å². The number of rotatable bonds is 4. The third kappa shape index (κ3) is 4.18. The zero-order valence-corrected chi connectivity index (χ0v) is 13.8. The number of carbonyl (C=O) groups excluding carboxylic acids is 1. The Morgan fingerprint density at radius 2 is 2.18 bits per heavy atom. The molecule has 0 spiro atoms. The molecular formula is C15H20Cl2N2O3. The lowest BCUT2D eigenvalue weighted by molar-refractivity contribution is -0.120. The number of fused-ring (bicyclic) bond motifs is 1. The summed E-state index contributed by atoms with van der Waals surface area (Å²) >= 11 is 6.16. The molecule has 0 aliphatic carbocycles. The summed E-state index contributed by atoms with van der Waals surface area (Å²) in [5.74, 6) is 1.19. The van der Waals surface area contributed by atoms with E-state index in [2.05, 4.69) is 10.6 Å². The van der Waals surface area contributed by atoms with Gasteiger partial charge in [-0.15, -0.1) is 12.4 Å². The predicted molar refractivity (Wildman–Crippen MR) is 87.4 cm³/mol. The van der Waals surface area contributed by atoms with Crippen LogP contribution in [0, 0.1) is 0 Å². The maximum absolute atomic E-state index is 12.0. The minimum Gasteiger partial charge on any atom is -0.486 e. The highest BCUT2D eigenvalue weighted by molar-refractivity contribution is 6.32. The summed E-state index contributed by atoms with van der Waals surface area (Å²) in [5.41, 5.74) is 0.834. The van der Waals surface area contributed by atoms with Crippen molar-refractivity contribution in [1.29, 1.82) is 0 Å². The first-order chi connectivity index (χ1) is 10.2. The lowest BCUT2D eigenvalue weighted by atomic mass is 10.1. The number of carbonyl (C=O) groups is 1. The van der Waals surface area contributed by atoms with Crippen molar-refractivity contribution in [2.24, 2.45) is 0 Å². The smallest absolute Gasteiger partial charge is 0.224 e. The average molecular weight is 347 g/mol. The van der Waals surface area contributed by atoms with E-state index in [1.165, 1.54) is 6.42 Å². The minimum atomic E-state index is -0.00329. The summed E-state index contributed by atoms with van der Waals surface area (Å²) < 4.78 is 11.0. The van der Waals surface area contributed by atoms with Crippen LogP contribution in [-0.4, -0.2) is 38.3 Å². The number of hydrogen-bond donors (Lipinski definition) is 2. The molecule has 5 nitrogen and oxygen atoms in total. The molecule has 1 fully saturated rings. The summed E-state index contributed by atoms with van der Waals surface area (Å²) in [6.45, 7) is 2.72. The van der Waals surface area contributed by atoms with Gasteiger partial charge in [0.05, 0.1) is 11.4 Å². The van der Waals surface area contributed by atoms with Crippen LogP contribution in [0.2, 0.25) is 5.02 Å². The average Bonchev–Trinajstić information content (AvgIpc) is 2.98. The zero-order valence-electron chi connectivity index (χ0n) is 12.2. The fourth-order valence-corrected chi connectivity index (χ4v) is 2.97. The summed E-state index contributed by atoms with van der Waals surface area (Å²) in [7, 11) is 0. The van der Waals surface area contributed by atoms with Crippen LogP contribution in [0.4, 0.5) is 0 Å². The quantitative estimate of drug-likeness (QED) is 0.874. The Hall–Kier alpha value is -1.17. The molecule has 1 atom stereocenters. The number of amides is 1. The zero-order chi connectivity index (χ0) is 14.7. The van der Waals surface area contributed by atoms with Gasteiger partial charge in [0.25, 0.3) is 0 Å². The van der Waals surface area contributed by atoms with Gasteiger partial charge in [-0.2, -0.15) is 0 Å². The Balaban J connectivity index is 0.00000176. The number of ether oxygens (including phenoxy) is 2. The minimum absolute atomic E-state index is 0. The summed E-state index contributed by atoms with van der Waals surface area (Å²) in [6, 6.07) is 3.99. The van der Waals surface area contributed by atoms with Gasteiger partial charge in [0.1, 0.15) is 13.2 Å². The molecule has 1 aromatic carbocycles. The van der Waals surface area contributed by atoms with E-state index in [9.17, 15) is 4.79 Å². The first kappa shape index (κ1) is 17.2. The van der Waals surface area contributed by atoms with Crippen LogP contribution in [-0.2, 0) is 11.2 Å². The van der Waals surface area contributed by atoms with Crippen molar-refractivity contribution >= 4 is 29.9 Å². The van der Waals surface area contributed by atoms with E-state index in [0.717, 1.165) is 18.5 Å². The number of nitrogens with one attached hydrogen (secondary N) is 2. The summed E-state index contributed by atoms with van der Waals surface area (Å²) in [5, 5.41) is 6.80. The molecule has 7 heteroatoms. The predicted octanol–water partition coefficient (Wildman–Crippen LogP) is 1.94. The Morgan fingerprint density at radius 1 is 1.36 bits per heavy atom. The molecule has 0 saturated carbocycles. The highest BCUT2D eigenvalue weighted by atomic mass is 35.5. The van der Waals surface area contributed by atoms with Crippen LogP contribution in [0.1, 0.15) is 18.4 Å². The monoisotopic (exact) mass is 346 g/mol. The van der Waals surface area contributed by atoms with Gasteiger partial charge in [0.15, 0.2) is 11.5 Å². The van der Waals surface area contributed by atoms with E-state index in [1.54, 1.807) is 6.07 Å². The molecule has 1 saturated heterocycles. The standard InChI is InChI=1S/C15H19ClN2O3.ClH/c16-12-6-10(7-13-15(12)21-5-4-20-13)8-14(19)18-9-11-2-1-3-17-11;/h6-7,11,17H,1-5,8-9H2,(H,18,19);1H. The van der Waals surface area contributed by atoms with Crippen molar-refractivity contribution in [1.82, 2.24) is 10.6 Å². The third-order valence-electron chi connectivity index (χ3n) is 3.73. The molecule has 2 N–H and O–H groups in total. The van der Waals surface area contributed by atoms with Gasteiger partial charge >= 0.3 is 0 Å². The molecule has 2 aliphatic rings. The molecule has 3 rings (SSSR count). The Labute approximate surface area is 141 Å². The van der Waals surface area contributed by atoms with Crippen molar-refractivity contribution < 1.29 is 14.3 Å². The van der Waals surface area contributed by atoms with Crippen LogP contribution in [0.3, 0.4) is 0 Å². The van der Waals surface area contributed by atoms with Gasteiger partial charge in [-0.05, 0) is 37.1 Å². The molecule has 2 aliphatic heterocycles. The molecule has 22 heavy (non-hydrogen) atoms. The Bertz CT molecular complexity index is 534. The normalized spacial score (nSPS) is 19.4. The molecule has 0 aromatic heterocycles. The van der Waals surface area contributed by atoms with Crippen LogP contribution in [0.25, 0.3) is 0 Å². The maximum Gasteiger partial charge on any atom is 0.224 e. The van der Waals surface area contributed by atoms with Gasteiger partial charge in [-0.1, -0.05) is 11.6 Å². The second-order valence-electron chi connectivity index (χ2n) is 5.38. The van der Waals surface area contributed by atoms with Gasteiger partial charge < -0.3 is 20.1 Å². The van der Waals surface area contributed by atoms with Crippen molar-refractivity contribution in [2.45, 2.75) is 25.3 Å². The second-order valence-corrected chi connectivity index (χ2v) is 5.78. The SMILES string of the molecule is Cl.O=C(Cc1cc(Cl)c2c(c1)OCCO2)NCC1CCCN1. The van der Waals surface area contributed by atoms with Crippen LogP contribution in [0.5, 0.6) is 11.5 Å². The van der Waals surface area contributed by atoms with E-state index in [-0.39, 0.29) is 18.3 Å². The van der Waals surface area contributed by atoms with Gasteiger partial charge in [0.2, 0.25) is 5.91 Å². The lowest BCUT2D eigenvalue weighted by Crippen LogP contribution is -2.37. The van der Waals surface area contributed by atoms with Crippen molar-refractivity contribution in [3.05, 3.63) is 22.7 Å². The van der Waals surface area contributed by atoms with Crippen LogP contribution in [0.15, 0.2) is 12.1 Å². The molecule has 2 heterocycles. The summed E-state index contributed by atoms with van der Waals surface area (Å²) in [4.78, 5) is 12.0. The lowest BCUT2D eigenvalue weighted by Gasteiger charge is -2.20. The topological polar surface area (TPSA) is 59.6 Å². The van der Waals surface area contributed by atoms with E-state index < -0.39 is 0 Å². The van der Waals surface area contributed by atoms with E-state index in [4.69, 9.17) is 21.1 Å². The highest BCUT2D eigenvalue weighted by Gasteiger charge is 2.18. The van der Waals surface area contributed by atoms with Crippen LogP contribution >= 0.6 is 24.0 Å². The maximum atomic E-state index is 12.0. The molecule has 122 valence electrons. The van der Waals surface area contributed by atoms with Gasteiger partial charge in [0, 0.05) is 12.6 Å². The van der Waals surface area contributed by atoms with Crippen molar-refractivity contribution in [3.8, 4) is 11.5 Å².